The van der Waals surface area contributed by atoms with Gasteiger partial charge in [-0.3, -0.25) is 4.90 Å². The Labute approximate surface area is 116 Å². The maximum Gasteiger partial charge on any atom is 0.119 e. The van der Waals surface area contributed by atoms with E-state index in [4.69, 9.17) is 4.74 Å². The van der Waals surface area contributed by atoms with Crippen LogP contribution in [-0.2, 0) is 6.54 Å². The molecule has 1 aliphatic rings. The molecule has 2 unspecified atom stereocenters. The molecular formula is C16H26N2O. The van der Waals surface area contributed by atoms with Crippen molar-refractivity contribution >= 4 is 0 Å². The molecule has 1 fully saturated rings. The van der Waals surface area contributed by atoms with Gasteiger partial charge in [0.15, 0.2) is 0 Å². The summed E-state index contributed by atoms with van der Waals surface area (Å²) in [7, 11) is 1.73. The molecule has 0 saturated carbocycles. The van der Waals surface area contributed by atoms with Crippen LogP contribution in [0.1, 0.15) is 32.3 Å². The Hall–Kier alpha value is -1.06. The number of piperazine rings is 1. The lowest BCUT2D eigenvalue weighted by molar-refractivity contribution is 0.120. The van der Waals surface area contributed by atoms with E-state index >= 15 is 0 Å². The number of ether oxygens (including phenoxy) is 1. The van der Waals surface area contributed by atoms with Crippen LogP contribution in [0, 0.1) is 0 Å². The summed E-state index contributed by atoms with van der Waals surface area (Å²) in [5.74, 6) is 0.952. The lowest BCUT2D eigenvalue weighted by atomic mass is 10.0. The van der Waals surface area contributed by atoms with Crippen LogP contribution in [-0.4, -0.2) is 37.2 Å². The molecule has 3 nitrogen and oxygen atoms in total. The van der Waals surface area contributed by atoms with Gasteiger partial charge in [0.25, 0.3) is 0 Å². The maximum atomic E-state index is 5.31. The zero-order valence-electron chi connectivity index (χ0n) is 12.4. The second kappa shape index (κ2) is 6.92. The Morgan fingerprint density at radius 1 is 1.42 bits per heavy atom. The molecule has 1 aliphatic heterocycles. The lowest BCUT2D eigenvalue weighted by Gasteiger charge is -2.39. The summed E-state index contributed by atoms with van der Waals surface area (Å²) in [6, 6.07) is 9.67. The van der Waals surface area contributed by atoms with Crippen LogP contribution >= 0.6 is 0 Å². The zero-order valence-corrected chi connectivity index (χ0v) is 12.4. The van der Waals surface area contributed by atoms with E-state index in [1.807, 2.05) is 6.07 Å². The van der Waals surface area contributed by atoms with Crippen LogP contribution in [0.3, 0.4) is 0 Å². The monoisotopic (exact) mass is 262 g/mol. The van der Waals surface area contributed by atoms with Gasteiger partial charge in [-0.15, -0.1) is 0 Å². The standard InChI is InChI=1S/C16H26N2O/c1-4-6-15-10-17-13(2)11-18(15)12-14-7-5-8-16(9-14)19-3/h5,7-9,13,15,17H,4,6,10-12H2,1-3H3. The number of benzene rings is 1. The summed E-state index contributed by atoms with van der Waals surface area (Å²) in [5, 5.41) is 3.59. The zero-order chi connectivity index (χ0) is 13.7. The molecule has 0 amide bonds. The van der Waals surface area contributed by atoms with Crippen molar-refractivity contribution in [2.24, 2.45) is 0 Å². The summed E-state index contributed by atoms with van der Waals surface area (Å²) in [5.41, 5.74) is 1.34. The van der Waals surface area contributed by atoms with Crippen LogP contribution in [0.25, 0.3) is 0 Å². The van der Waals surface area contributed by atoms with Gasteiger partial charge in [0.2, 0.25) is 0 Å². The van der Waals surface area contributed by atoms with E-state index in [9.17, 15) is 0 Å². The van der Waals surface area contributed by atoms with Gasteiger partial charge in [-0.05, 0) is 31.0 Å². The minimum atomic E-state index is 0.582. The Morgan fingerprint density at radius 3 is 3.00 bits per heavy atom. The van der Waals surface area contributed by atoms with E-state index < -0.39 is 0 Å². The highest BCUT2D eigenvalue weighted by molar-refractivity contribution is 5.28. The number of rotatable bonds is 5. The fourth-order valence-electron chi connectivity index (χ4n) is 2.85. The second-order valence-corrected chi connectivity index (χ2v) is 5.53. The molecule has 2 atom stereocenters. The third-order valence-corrected chi connectivity index (χ3v) is 3.87. The fourth-order valence-corrected chi connectivity index (χ4v) is 2.85. The van der Waals surface area contributed by atoms with Gasteiger partial charge in [-0.25, -0.2) is 0 Å². The van der Waals surface area contributed by atoms with E-state index in [0.717, 1.165) is 25.4 Å². The molecule has 1 aromatic carbocycles. The molecule has 1 N–H and O–H groups in total. The molecule has 1 aromatic rings. The van der Waals surface area contributed by atoms with Gasteiger partial charge in [-0.1, -0.05) is 25.5 Å². The molecule has 106 valence electrons. The molecule has 0 aliphatic carbocycles. The number of hydrogen-bond donors (Lipinski definition) is 1. The fraction of sp³-hybridized carbons (Fsp3) is 0.625. The first kappa shape index (κ1) is 14.4. The third kappa shape index (κ3) is 3.95. The van der Waals surface area contributed by atoms with Crippen molar-refractivity contribution in [1.29, 1.82) is 0 Å². The first-order valence-corrected chi connectivity index (χ1v) is 7.33. The van der Waals surface area contributed by atoms with Gasteiger partial charge < -0.3 is 10.1 Å². The predicted octanol–water partition coefficient (Wildman–Crippen LogP) is 2.66. The largest absolute Gasteiger partial charge is 0.497 e. The van der Waals surface area contributed by atoms with Gasteiger partial charge in [0.05, 0.1) is 7.11 Å². The summed E-state index contributed by atoms with van der Waals surface area (Å²) >= 11 is 0. The van der Waals surface area contributed by atoms with Crippen molar-refractivity contribution in [3.63, 3.8) is 0 Å². The average molecular weight is 262 g/mol. The van der Waals surface area contributed by atoms with Crippen LogP contribution in [0.2, 0.25) is 0 Å². The minimum Gasteiger partial charge on any atom is -0.497 e. The van der Waals surface area contributed by atoms with Crippen molar-refractivity contribution < 1.29 is 4.74 Å². The first-order valence-electron chi connectivity index (χ1n) is 7.33. The number of methoxy groups -OCH3 is 1. The van der Waals surface area contributed by atoms with Crippen LogP contribution < -0.4 is 10.1 Å². The molecule has 0 bridgehead atoms. The van der Waals surface area contributed by atoms with Crippen LogP contribution in [0.4, 0.5) is 0 Å². The average Bonchev–Trinajstić information content (AvgIpc) is 2.42. The minimum absolute atomic E-state index is 0.582. The van der Waals surface area contributed by atoms with E-state index in [1.54, 1.807) is 7.11 Å². The van der Waals surface area contributed by atoms with Gasteiger partial charge in [0, 0.05) is 31.7 Å². The van der Waals surface area contributed by atoms with Crippen molar-refractivity contribution in [3.8, 4) is 5.75 Å². The summed E-state index contributed by atoms with van der Waals surface area (Å²) < 4.78 is 5.31. The molecule has 19 heavy (non-hydrogen) atoms. The summed E-state index contributed by atoms with van der Waals surface area (Å²) in [6.07, 6.45) is 2.51. The Bertz CT molecular complexity index is 394. The maximum absolute atomic E-state index is 5.31. The van der Waals surface area contributed by atoms with Crippen molar-refractivity contribution in [1.82, 2.24) is 10.2 Å². The normalized spacial score (nSPS) is 24.4. The van der Waals surface area contributed by atoms with Gasteiger partial charge in [0.1, 0.15) is 5.75 Å². The molecule has 0 radical (unpaired) electrons. The van der Waals surface area contributed by atoms with Crippen molar-refractivity contribution in [2.75, 3.05) is 20.2 Å². The second-order valence-electron chi connectivity index (χ2n) is 5.53. The molecule has 0 aromatic heterocycles. The highest BCUT2D eigenvalue weighted by Crippen LogP contribution is 2.19. The molecule has 3 heteroatoms. The Morgan fingerprint density at radius 2 is 2.26 bits per heavy atom. The van der Waals surface area contributed by atoms with Crippen molar-refractivity contribution in [3.05, 3.63) is 29.8 Å². The molecule has 0 spiro atoms. The van der Waals surface area contributed by atoms with E-state index in [0.29, 0.717) is 12.1 Å². The highest BCUT2D eigenvalue weighted by Gasteiger charge is 2.24. The quantitative estimate of drug-likeness (QED) is 0.883. The van der Waals surface area contributed by atoms with Gasteiger partial charge >= 0.3 is 0 Å². The summed E-state index contributed by atoms with van der Waals surface area (Å²) in [6.45, 7) is 7.79. The molecule has 2 rings (SSSR count). The first-order chi connectivity index (χ1) is 9.22. The highest BCUT2D eigenvalue weighted by atomic mass is 16.5. The number of hydrogen-bond acceptors (Lipinski definition) is 3. The van der Waals surface area contributed by atoms with E-state index in [-0.39, 0.29) is 0 Å². The topological polar surface area (TPSA) is 24.5 Å². The lowest BCUT2D eigenvalue weighted by Crippen LogP contribution is -2.54. The molecule has 1 saturated heterocycles. The molecular weight excluding hydrogens is 236 g/mol. The van der Waals surface area contributed by atoms with E-state index in [2.05, 4.69) is 42.3 Å². The SMILES string of the molecule is CCCC1CNC(C)CN1Cc1cccc(OC)c1. The molecule has 1 heterocycles. The number of nitrogens with one attached hydrogen (secondary N) is 1. The van der Waals surface area contributed by atoms with Crippen LogP contribution in [0.15, 0.2) is 24.3 Å². The number of nitrogens with zero attached hydrogens (tertiary/aromatic N) is 1. The van der Waals surface area contributed by atoms with Gasteiger partial charge in [-0.2, -0.15) is 0 Å². The third-order valence-electron chi connectivity index (χ3n) is 3.87. The Balaban J connectivity index is 2.04. The summed E-state index contributed by atoms with van der Waals surface area (Å²) in [4.78, 5) is 2.61. The van der Waals surface area contributed by atoms with E-state index in [1.165, 1.54) is 18.4 Å². The van der Waals surface area contributed by atoms with Crippen molar-refractivity contribution in [2.45, 2.75) is 45.3 Å². The predicted molar refractivity (Wildman–Crippen MR) is 79.6 cm³/mol. The Kier molecular flexibility index (Phi) is 5.23. The smallest absolute Gasteiger partial charge is 0.119 e. The van der Waals surface area contributed by atoms with Crippen LogP contribution in [0.5, 0.6) is 5.75 Å².